The monoisotopic (exact) mass is 195 g/mol. The van der Waals surface area contributed by atoms with Crippen LogP contribution < -0.4 is 0 Å². The first-order valence-electron chi connectivity index (χ1n) is 4.66. The summed E-state index contributed by atoms with van der Waals surface area (Å²) in [7, 11) is 0. The largest absolute Gasteiger partial charge is 0.501 e. The van der Waals surface area contributed by atoms with E-state index < -0.39 is 11.9 Å². The molecule has 1 aliphatic rings. The Morgan fingerprint density at radius 2 is 2.64 bits per heavy atom. The minimum atomic E-state index is -0.796. The van der Waals surface area contributed by atoms with Gasteiger partial charge < -0.3 is 9.47 Å². The van der Waals surface area contributed by atoms with Crippen LogP contribution in [-0.4, -0.2) is 19.2 Å². The van der Waals surface area contributed by atoms with Crippen LogP contribution >= 0.6 is 0 Å². The number of hydrogen-bond donors (Lipinski definition) is 0. The molecule has 0 amide bonds. The Morgan fingerprint density at radius 1 is 1.86 bits per heavy atom. The Kier molecular flexibility index (Phi) is 3.99. The van der Waals surface area contributed by atoms with Crippen molar-refractivity contribution in [2.24, 2.45) is 5.92 Å². The van der Waals surface area contributed by atoms with Crippen molar-refractivity contribution in [3.8, 4) is 6.07 Å². The standard InChI is InChI=1S/C10H13NO3/c1-2-14-10(12)9(6-11)8-4-3-5-13-7-8/h7,9H,2-5H2,1H3. The average Bonchev–Trinajstić information content (AvgIpc) is 2.21. The van der Waals surface area contributed by atoms with Crippen molar-refractivity contribution in [2.75, 3.05) is 13.2 Å². The molecule has 0 fully saturated rings. The highest BCUT2D eigenvalue weighted by molar-refractivity contribution is 5.78. The lowest BCUT2D eigenvalue weighted by Crippen LogP contribution is -2.20. The van der Waals surface area contributed by atoms with E-state index in [0.29, 0.717) is 13.2 Å². The molecule has 0 saturated heterocycles. The summed E-state index contributed by atoms with van der Waals surface area (Å²) >= 11 is 0. The van der Waals surface area contributed by atoms with Crippen LogP contribution in [0.5, 0.6) is 0 Å². The molecule has 4 heteroatoms. The van der Waals surface area contributed by atoms with E-state index in [2.05, 4.69) is 0 Å². The Balaban J connectivity index is 2.66. The summed E-state index contributed by atoms with van der Waals surface area (Å²) in [5, 5.41) is 8.83. The smallest absolute Gasteiger partial charge is 0.327 e. The summed E-state index contributed by atoms with van der Waals surface area (Å²) in [5.74, 6) is -1.28. The van der Waals surface area contributed by atoms with Crippen molar-refractivity contribution in [3.63, 3.8) is 0 Å². The van der Waals surface area contributed by atoms with Crippen molar-refractivity contribution in [2.45, 2.75) is 19.8 Å². The van der Waals surface area contributed by atoms with Crippen LogP contribution in [0.3, 0.4) is 0 Å². The van der Waals surface area contributed by atoms with E-state index in [1.54, 1.807) is 6.92 Å². The summed E-state index contributed by atoms with van der Waals surface area (Å²) < 4.78 is 9.86. The van der Waals surface area contributed by atoms with Crippen molar-refractivity contribution in [1.82, 2.24) is 0 Å². The molecule has 0 aromatic heterocycles. The van der Waals surface area contributed by atoms with Gasteiger partial charge in [0, 0.05) is 0 Å². The second-order valence-corrected chi connectivity index (χ2v) is 2.98. The van der Waals surface area contributed by atoms with Gasteiger partial charge in [0.25, 0.3) is 0 Å². The lowest BCUT2D eigenvalue weighted by Gasteiger charge is -2.16. The summed E-state index contributed by atoms with van der Waals surface area (Å²) in [6.45, 7) is 2.67. The van der Waals surface area contributed by atoms with Gasteiger partial charge in [-0.1, -0.05) is 0 Å². The third-order valence-electron chi connectivity index (χ3n) is 1.98. The van der Waals surface area contributed by atoms with Gasteiger partial charge in [0.05, 0.1) is 25.5 Å². The number of nitriles is 1. The van der Waals surface area contributed by atoms with E-state index in [-0.39, 0.29) is 0 Å². The first-order chi connectivity index (χ1) is 6.79. The molecule has 1 atom stereocenters. The van der Waals surface area contributed by atoms with Crippen LogP contribution in [-0.2, 0) is 14.3 Å². The third kappa shape index (κ3) is 2.49. The fraction of sp³-hybridized carbons (Fsp3) is 0.600. The van der Waals surface area contributed by atoms with Gasteiger partial charge in [-0.25, -0.2) is 0 Å². The Labute approximate surface area is 83.1 Å². The number of hydrogen-bond acceptors (Lipinski definition) is 4. The van der Waals surface area contributed by atoms with E-state index >= 15 is 0 Å². The number of rotatable bonds is 3. The topological polar surface area (TPSA) is 59.3 Å². The maximum atomic E-state index is 11.3. The van der Waals surface area contributed by atoms with Crippen molar-refractivity contribution >= 4 is 5.97 Å². The molecule has 0 radical (unpaired) electrons. The van der Waals surface area contributed by atoms with E-state index in [9.17, 15) is 4.79 Å². The first kappa shape index (κ1) is 10.6. The van der Waals surface area contributed by atoms with Crippen LogP contribution in [0.15, 0.2) is 11.8 Å². The molecule has 1 aliphatic heterocycles. The summed E-state index contributed by atoms with van der Waals surface area (Å²) in [5.41, 5.74) is 0.720. The van der Waals surface area contributed by atoms with Gasteiger partial charge in [-0.15, -0.1) is 0 Å². The Morgan fingerprint density at radius 3 is 3.14 bits per heavy atom. The van der Waals surface area contributed by atoms with Crippen LogP contribution in [0, 0.1) is 17.2 Å². The molecule has 1 unspecified atom stereocenters. The second-order valence-electron chi connectivity index (χ2n) is 2.98. The van der Waals surface area contributed by atoms with Crippen LogP contribution in [0.4, 0.5) is 0 Å². The second kappa shape index (κ2) is 5.28. The molecule has 0 aliphatic carbocycles. The van der Waals surface area contributed by atoms with Crippen LogP contribution in [0.25, 0.3) is 0 Å². The maximum absolute atomic E-state index is 11.3. The van der Waals surface area contributed by atoms with Gasteiger partial charge in [-0.2, -0.15) is 5.26 Å². The van der Waals surface area contributed by atoms with E-state index in [1.807, 2.05) is 6.07 Å². The minimum absolute atomic E-state index is 0.297. The number of ether oxygens (including phenoxy) is 2. The Bertz CT molecular complexity index is 278. The zero-order valence-electron chi connectivity index (χ0n) is 8.16. The van der Waals surface area contributed by atoms with Crippen LogP contribution in [0.1, 0.15) is 19.8 Å². The molecule has 0 N–H and O–H groups in total. The van der Waals surface area contributed by atoms with Gasteiger partial charge >= 0.3 is 5.97 Å². The molecule has 0 aromatic carbocycles. The molecule has 76 valence electrons. The molecule has 14 heavy (non-hydrogen) atoms. The number of nitrogens with zero attached hydrogens (tertiary/aromatic N) is 1. The molecule has 0 saturated carbocycles. The average molecular weight is 195 g/mol. The summed E-state index contributed by atoms with van der Waals surface area (Å²) in [6, 6.07) is 1.93. The first-order valence-corrected chi connectivity index (χ1v) is 4.66. The van der Waals surface area contributed by atoms with Crippen molar-refractivity contribution in [3.05, 3.63) is 11.8 Å². The molecule has 0 bridgehead atoms. The summed E-state index contributed by atoms with van der Waals surface area (Å²) in [6.07, 6.45) is 3.09. The lowest BCUT2D eigenvalue weighted by molar-refractivity contribution is -0.145. The van der Waals surface area contributed by atoms with E-state index in [0.717, 1.165) is 18.4 Å². The zero-order valence-corrected chi connectivity index (χ0v) is 8.16. The predicted molar refractivity (Wildman–Crippen MR) is 49.0 cm³/mol. The van der Waals surface area contributed by atoms with E-state index in [4.69, 9.17) is 14.7 Å². The minimum Gasteiger partial charge on any atom is -0.501 e. The number of esters is 1. The van der Waals surface area contributed by atoms with E-state index in [1.165, 1.54) is 6.26 Å². The maximum Gasteiger partial charge on any atom is 0.327 e. The highest BCUT2D eigenvalue weighted by atomic mass is 16.5. The molecule has 0 aromatic rings. The normalized spacial score (nSPS) is 17.3. The number of carbonyl (C=O) groups is 1. The highest BCUT2D eigenvalue weighted by Crippen LogP contribution is 2.21. The van der Waals surface area contributed by atoms with Crippen molar-refractivity contribution in [1.29, 1.82) is 5.26 Å². The van der Waals surface area contributed by atoms with Gasteiger partial charge in [0.1, 0.15) is 0 Å². The quantitative estimate of drug-likeness (QED) is 0.638. The highest BCUT2D eigenvalue weighted by Gasteiger charge is 2.25. The fourth-order valence-electron chi connectivity index (χ4n) is 1.31. The predicted octanol–water partition coefficient (Wildman–Crippen LogP) is 1.38. The molecule has 1 heterocycles. The number of carbonyl (C=O) groups excluding carboxylic acids is 1. The molecular weight excluding hydrogens is 182 g/mol. The zero-order chi connectivity index (χ0) is 10.4. The molecule has 4 nitrogen and oxygen atoms in total. The van der Waals surface area contributed by atoms with Gasteiger partial charge in [-0.05, 0) is 25.3 Å². The SMILES string of the molecule is CCOC(=O)C(C#N)C1=COCCC1. The van der Waals surface area contributed by atoms with Gasteiger partial charge in [0.2, 0.25) is 0 Å². The van der Waals surface area contributed by atoms with Crippen LogP contribution in [0.2, 0.25) is 0 Å². The van der Waals surface area contributed by atoms with Crippen molar-refractivity contribution < 1.29 is 14.3 Å². The summed E-state index contributed by atoms with van der Waals surface area (Å²) in [4.78, 5) is 11.3. The van der Waals surface area contributed by atoms with Gasteiger partial charge in [-0.3, -0.25) is 4.79 Å². The molecule has 1 rings (SSSR count). The lowest BCUT2D eigenvalue weighted by atomic mass is 9.97. The molecular formula is C10H13NO3. The van der Waals surface area contributed by atoms with Gasteiger partial charge in [0.15, 0.2) is 5.92 Å². The third-order valence-corrected chi connectivity index (χ3v) is 1.98. The fourth-order valence-corrected chi connectivity index (χ4v) is 1.31. The Hall–Kier alpha value is -1.50. The molecule has 0 spiro atoms.